The molecular formula is C37H29NS. The summed E-state index contributed by atoms with van der Waals surface area (Å²) < 4.78 is 2.69. The molecule has 0 spiro atoms. The van der Waals surface area contributed by atoms with E-state index in [4.69, 9.17) is 0 Å². The van der Waals surface area contributed by atoms with Gasteiger partial charge in [-0.3, -0.25) is 0 Å². The highest BCUT2D eigenvalue weighted by atomic mass is 32.1. The fraction of sp³-hybridized carbons (Fsp3) is 0.0811. The highest BCUT2D eigenvalue weighted by Crippen LogP contribution is 2.41. The lowest BCUT2D eigenvalue weighted by Crippen LogP contribution is -2.16. The van der Waals surface area contributed by atoms with Gasteiger partial charge in [-0.1, -0.05) is 109 Å². The second kappa shape index (κ2) is 10.4. The van der Waals surface area contributed by atoms with Gasteiger partial charge in [-0.2, -0.15) is 0 Å². The number of hydrogen-bond donors (Lipinski definition) is 0. The predicted octanol–water partition coefficient (Wildman–Crippen LogP) is 10.8. The molecule has 0 fully saturated rings. The van der Waals surface area contributed by atoms with E-state index >= 15 is 0 Å². The first-order valence-electron chi connectivity index (χ1n) is 13.6. The van der Waals surface area contributed by atoms with Crippen LogP contribution in [0.2, 0.25) is 0 Å². The molecule has 0 atom stereocenters. The molecular weight excluding hydrogens is 490 g/mol. The molecule has 2 heteroatoms. The summed E-state index contributed by atoms with van der Waals surface area (Å²) in [5.74, 6) is 0. The monoisotopic (exact) mass is 519 g/mol. The molecule has 0 saturated carbocycles. The van der Waals surface area contributed by atoms with Crippen LogP contribution < -0.4 is 4.90 Å². The van der Waals surface area contributed by atoms with Gasteiger partial charge in [-0.15, -0.1) is 11.3 Å². The average Bonchev–Trinajstić information content (AvgIpc) is 3.40. The third kappa shape index (κ3) is 4.69. The maximum atomic E-state index is 2.42. The smallest absolute Gasteiger partial charge is 0.0481 e. The molecule has 0 aliphatic heterocycles. The van der Waals surface area contributed by atoms with E-state index < -0.39 is 0 Å². The summed E-state index contributed by atoms with van der Waals surface area (Å²) in [5.41, 5.74) is 8.98. The SMILES string of the molecule is C1=CCCC(c2ccc(CN(c3ccccc3)c3cccc(-c4cccc5c4sc4ccccc45)c3)cc2)=C1. The molecule has 1 heterocycles. The third-order valence-corrected chi connectivity index (χ3v) is 8.84. The molecule has 5 aromatic carbocycles. The van der Waals surface area contributed by atoms with Gasteiger partial charge in [0, 0.05) is 38.1 Å². The lowest BCUT2D eigenvalue weighted by atomic mass is 9.96. The Bertz CT molecular complexity index is 1820. The number of hydrogen-bond acceptors (Lipinski definition) is 2. The molecule has 188 valence electrons. The van der Waals surface area contributed by atoms with Gasteiger partial charge in [0.2, 0.25) is 0 Å². The topological polar surface area (TPSA) is 3.24 Å². The lowest BCUT2D eigenvalue weighted by molar-refractivity contribution is 0.974. The van der Waals surface area contributed by atoms with E-state index in [1.54, 1.807) is 0 Å². The van der Waals surface area contributed by atoms with Crippen molar-refractivity contribution in [1.82, 2.24) is 0 Å². The number of thiophene rings is 1. The van der Waals surface area contributed by atoms with Crippen LogP contribution in [0.15, 0.2) is 140 Å². The van der Waals surface area contributed by atoms with Crippen molar-refractivity contribution in [3.05, 3.63) is 151 Å². The van der Waals surface area contributed by atoms with Crippen molar-refractivity contribution >= 4 is 48.5 Å². The Hall–Kier alpha value is -4.40. The van der Waals surface area contributed by atoms with Crippen LogP contribution in [0.25, 0.3) is 36.9 Å². The zero-order valence-corrected chi connectivity index (χ0v) is 22.6. The van der Waals surface area contributed by atoms with E-state index in [2.05, 4.69) is 144 Å². The average molecular weight is 520 g/mol. The van der Waals surface area contributed by atoms with Crippen molar-refractivity contribution in [3.63, 3.8) is 0 Å². The van der Waals surface area contributed by atoms with Gasteiger partial charge in [-0.05, 0) is 71.0 Å². The molecule has 39 heavy (non-hydrogen) atoms. The van der Waals surface area contributed by atoms with Crippen molar-refractivity contribution in [1.29, 1.82) is 0 Å². The number of para-hydroxylation sites is 1. The summed E-state index contributed by atoms with van der Waals surface area (Å²) in [5, 5.41) is 2.67. The largest absolute Gasteiger partial charge is 0.337 e. The summed E-state index contributed by atoms with van der Waals surface area (Å²) in [4.78, 5) is 2.42. The van der Waals surface area contributed by atoms with Crippen LogP contribution in [0.1, 0.15) is 24.0 Å². The van der Waals surface area contributed by atoms with Gasteiger partial charge in [0.05, 0.1) is 0 Å². The van der Waals surface area contributed by atoms with Crippen molar-refractivity contribution in [2.45, 2.75) is 19.4 Å². The molecule has 1 aromatic heterocycles. The normalized spacial score (nSPS) is 13.1. The number of nitrogens with zero attached hydrogens (tertiary/aromatic N) is 1. The molecule has 0 saturated heterocycles. The van der Waals surface area contributed by atoms with E-state index in [1.165, 1.54) is 59.4 Å². The van der Waals surface area contributed by atoms with Gasteiger partial charge in [0.25, 0.3) is 0 Å². The van der Waals surface area contributed by atoms with E-state index in [0.717, 1.165) is 19.4 Å². The van der Waals surface area contributed by atoms with E-state index in [0.29, 0.717) is 0 Å². The molecule has 6 aromatic rings. The minimum Gasteiger partial charge on any atom is -0.337 e. The number of benzene rings is 5. The molecule has 1 nitrogen and oxygen atoms in total. The fourth-order valence-electron chi connectivity index (χ4n) is 5.61. The Morgan fingerprint density at radius 3 is 2.26 bits per heavy atom. The van der Waals surface area contributed by atoms with Crippen LogP contribution >= 0.6 is 11.3 Å². The van der Waals surface area contributed by atoms with Crippen molar-refractivity contribution in [3.8, 4) is 11.1 Å². The Morgan fingerprint density at radius 2 is 1.41 bits per heavy atom. The standard InChI is InChI=1S/C37H29NS/c1-3-11-28(12-4-1)29-23-21-27(22-24-29)26-38(31-14-5-2-6-15-31)32-16-9-13-30(25-32)33-18-10-19-35-34-17-7-8-20-36(34)39-37(33)35/h1-3,5-11,13-25H,4,12,26H2. The number of rotatable bonds is 6. The molecule has 0 amide bonds. The minimum atomic E-state index is 0.805. The zero-order valence-electron chi connectivity index (χ0n) is 21.8. The van der Waals surface area contributed by atoms with Gasteiger partial charge in [-0.25, -0.2) is 0 Å². The first-order valence-corrected chi connectivity index (χ1v) is 14.4. The second-order valence-electron chi connectivity index (χ2n) is 10.1. The first kappa shape index (κ1) is 23.7. The van der Waals surface area contributed by atoms with Crippen molar-refractivity contribution in [2.75, 3.05) is 4.90 Å². The maximum absolute atomic E-state index is 2.42. The van der Waals surface area contributed by atoms with Gasteiger partial charge < -0.3 is 4.90 Å². The van der Waals surface area contributed by atoms with E-state index in [-0.39, 0.29) is 0 Å². The third-order valence-electron chi connectivity index (χ3n) is 7.62. The Morgan fingerprint density at radius 1 is 0.641 bits per heavy atom. The summed E-state index contributed by atoms with van der Waals surface area (Å²) in [6, 6.07) is 44.3. The molecule has 1 aliphatic rings. The Kier molecular flexibility index (Phi) is 6.32. The second-order valence-corrected chi connectivity index (χ2v) is 11.2. The quantitative estimate of drug-likeness (QED) is 0.211. The van der Waals surface area contributed by atoms with Crippen LogP contribution in [0, 0.1) is 0 Å². The lowest BCUT2D eigenvalue weighted by Gasteiger charge is -2.26. The molecule has 7 rings (SSSR count). The van der Waals surface area contributed by atoms with Crippen LogP contribution in [-0.2, 0) is 6.54 Å². The van der Waals surface area contributed by atoms with Gasteiger partial charge in [0.1, 0.15) is 0 Å². The van der Waals surface area contributed by atoms with Crippen LogP contribution in [0.3, 0.4) is 0 Å². The highest BCUT2D eigenvalue weighted by molar-refractivity contribution is 7.26. The molecule has 0 bridgehead atoms. The first-order chi connectivity index (χ1) is 19.3. The van der Waals surface area contributed by atoms with Crippen LogP contribution in [0.4, 0.5) is 11.4 Å². The van der Waals surface area contributed by atoms with E-state index in [1.807, 2.05) is 11.3 Å². The molecule has 1 aliphatic carbocycles. The Labute approximate surface area is 234 Å². The number of fused-ring (bicyclic) bond motifs is 3. The molecule has 0 radical (unpaired) electrons. The summed E-state index contributed by atoms with van der Waals surface area (Å²) in [6.45, 7) is 0.805. The van der Waals surface area contributed by atoms with Gasteiger partial charge in [0.15, 0.2) is 0 Å². The maximum Gasteiger partial charge on any atom is 0.0481 e. The number of anilines is 2. The van der Waals surface area contributed by atoms with Crippen molar-refractivity contribution in [2.24, 2.45) is 0 Å². The highest BCUT2D eigenvalue weighted by Gasteiger charge is 2.14. The summed E-state index contributed by atoms with van der Waals surface area (Å²) in [7, 11) is 0. The number of allylic oxidation sites excluding steroid dienone is 4. The van der Waals surface area contributed by atoms with Crippen LogP contribution in [-0.4, -0.2) is 0 Å². The van der Waals surface area contributed by atoms with Crippen molar-refractivity contribution < 1.29 is 0 Å². The fourth-order valence-corrected chi connectivity index (χ4v) is 6.84. The summed E-state index contributed by atoms with van der Waals surface area (Å²) in [6.07, 6.45) is 8.91. The van der Waals surface area contributed by atoms with Gasteiger partial charge >= 0.3 is 0 Å². The minimum absolute atomic E-state index is 0.805. The molecule has 0 N–H and O–H groups in total. The summed E-state index contributed by atoms with van der Waals surface area (Å²) >= 11 is 1.89. The Balaban J connectivity index is 1.27. The van der Waals surface area contributed by atoms with E-state index in [9.17, 15) is 0 Å². The molecule has 0 unspecified atom stereocenters. The van der Waals surface area contributed by atoms with Crippen LogP contribution in [0.5, 0.6) is 0 Å². The zero-order chi connectivity index (χ0) is 26.0. The predicted molar refractivity (Wildman–Crippen MR) is 170 cm³/mol.